The minimum absolute atomic E-state index is 0.154. The second kappa shape index (κ2) is 3.78. The maximum atomic E-state index is 12.5. The predicted octanol–water partition coefficient (Wildman–Crippen LogP) is -1.52. The van der Waals surface area contributed by atoms with Gasteiger partial charge in [-0.1, -0.05) is 5.21 Å². The van der Waals surface area contributed by atoms with Crippen LogP contribution in [0.5, 0.6) is 0 Å². The van der Waals surface area contributed by atoms with E-state index in [4.69, 9.17) is 0 Å². The van der Waals surface area contributed by atoms with Gasteiger partial charge in [-0.25, -0.2) is 13.2 Å². The highest BCUT2D eigenvalue weighted by atomic mass is 32.2. The van der Waals surface area contributed by atoms with E-state index in [9.17, 15) is 23.1 Å². The molecule has 0 radical (unpaired) electrons. The number of carboxylic acid groups (broad SMARTS) is 1. The number of carbonyl (C=O) groups is 2. The summed E-state index contributed by atoms with van der Waals surface area (Å²) in [5.74, 6) is -1.78. The molecule has 0 unspecified atom stereocenters. The van der Waals surface area contributed by atoms with Crippen molar-refractivity contribution in [3.05, 3.63) is 12.4 Å². The SMILES string of the molecule is C[C@@]1(Cn2ccnn2)[C@@H](C(=O)O)N2C(=O)C[C@H]2S1(=O)=O. The first kappa shape index (κ1) is 13.0. The average Bonchev–Trinajstić information content (AvgIpc) is 2.87. The van der Waals surface area contributed by atoms with Crippen molar-refractivity contribution in [1.82, 2.24) is 19.9 Å². The number of carbonyl (C=O) groups excluding carboxylic acids is 1. The third-order valence-electron chi connectivity index (χ3n) is 3.99. The minimum Gasteiger partial charge on any atom is -0.480 e. The van der Waals surface area contributed by atoms with E-state index in [-0.39, 0.29) is 13.0 Å². The van der Waals surface area contributed by atoms with Gasteiger partial charge in [0.2, 0.25) is 5.91 Å². The normalized spacial score (nSPS) is 34.6. The summed E-state index contributed by atoms with van der Waals surface area (Å²) in [5, 5.41) is 15.6. The van der Waals surface area contributed by atoms with Gasteiger partial charge < -0.3 is 10.0 Å². The molecule has 0 saturated carbocycles. The highest BCUT2D eigenvalue weighted by Crippen LogP contribution is 2.46. The fourth-order valence-corrected chi connectivity index (χ4v) is 5.29. The smallest absolute Gasteiger partial charge is 0.328 e. The van der Waals surface area contributed by atoms with Crippen LogP contribution in [-0.2, 0) is 26.0 Å². The molecule has 9 nitrogen and oxygen atoms in total. The van der Waals surface area contributed by atoms with Gasteiger partial charge in [-0.3, -0.25) is 9.48 Å². The molecule has 1 amide bonds. The molecule has 3 heterocycles. The molecule has 3 rings (SSSR count). The lowest BCUT2D eigenvalue weighted by Gasteiger charge is -2.35. The van der Waals surface area contributed by atoms with Gasteiger partial charge in [0.25, 0.3) is 0 Å². The molecule has 2 saturated heterocycles. The summed E-state index contributed by atoms with van der Waals surface area (Å²) in [6, 6.07) is -1.40. The molecular formula is C10H12N4O5S. The number of carboxylic acids is 1. The lowest BCUT2D eigenvalue weighted by molar-refractivity contribution is -0.157. The Hall–Kier alpha value is -1.97. The first-order chi connectivity index (χ1) is 9.29. The first-order valence-electron chi connectivity index (χ1n) is 5.90. The second-order valence-electron chi connectivity index (χ2n) is 5.16. The Morgan fingerprint density at radius 1 is 1.60 bits per heavy atom. The summed E-state index contributed by atoms with van der Waals surface area (Å²) in [4.78, 5) is 24.0. The van der Waals surface area contributed by atoms with Crippen molar-refractivity contribution >= 4 is 21.7 Å². The number of fused-ring (bicyclic) bond motifs is 1. The van der Waals surface area contributed by atoms with Crippen molar-refractivity contribution < 1.29 is 23.1 Å². The number of aliphatic carboxylic acids is 1. The molecular weight excluding hydrogens is 288 g/mol. The van der Waals surface area contributed by atoms with E-state index >= 15 is 0 Å². The van der Waals surface area contributed by atoms with E-state index < -0.39 is 37.9 Å². The number of rotatable bonds is 3. The van der Waals surface area contributed by atoms with Crippen LogP contribution in [0.4, 0.5) is 0 Å². The Morgan fingerprint density at radius 2 is 2.30 bits per heavy atom. The molecule has 2 aliphatic rings. The maximum Gasteiger partial charge on any atom is 0.328 e. The molecule has 10 heteroatoms. The largest absolute Gasteiger partial charge is 0.480 e. The van der Waals surface area contributed by atoms with Crippen molar-refractivity contribution in [3.8, 4) is 0 Å². The Bertz CT molecular complexity index is 685. The average molecular weight is 300 g/mol. The molecule has 1 aromatic heterocycles. The number of hydrogen-bond donors (Lipinski definition) is 1. The summed E-state index contributed by atoms with van der Waals surface area (Å²) in [7, 11) is -3.80. The van der Waals surface area contributed by atoms with Crippen molar-refractivity contribution in [1.29, 1.82) is 0 Å². The van der Waals surface area contributed by atoms with Gasteiger partial charge >= 0.3 is 5.97 Å². The Morgan fingerprint density at radius 3 is 2.80 bits per heavy atom. The first-order valence-corrected chi connectivity index (χ1v) is 7.45. The number of aromatic nitrogens is 3. The Balaban J connectivity index is 2.10. The van der Waals surface area contributed by atoms with Crippen LogP contribution in [0.15, 0.2) is 12.4 Å². The lowest BCUT2D eigenvalue weighted by Crippen LogP contribution is -2.58. The molecule has 0 aromatic carbocycles. The van der Waals surface area contributed by atoms with Gasteiger partial charge in [0, 0.05) is 6.20 Å². The van der Waals surface area contributed by atoms with Gasteiger partial charge in [-0.05, 0) is 6.92 Å². The number of sulfone groups is 1. The maximum absolute atomic E-state index is 12.5. The molecule has 1 N–H and O–H groups in total. The van der Waals surface area contributed by atoms with E-state index in [0.29, 0.717) is 0 Å². The van der Waals surface area contributed by atoms with Crippen LogP contribution in [0, 0.1) is 0 Å². The monoisotopic (exact) mass is 300 g/mol. The summed E-state index contributed by atoms with van der Waals surface area (Å²) >= 11 is 0. The van der Waals surface area contributed by atoms with E-state index in [1.165, 1.54) is 24.0 Å². The molecule has 0 aliphatic carbocycles. The summed E-state index contributed by atoms with van der Waals surface area (Å²) in [6.07, 6.45) is 2.68. The molecule has 2 aliphatic heterocycles. The second-order valence-corrected chi connectivity index (χ2v) is 7.73. The lowest BCUT2D eigenvalue weighted by atomic mass is 9.96. The zero-order valence-corrected chi connectivity index (χ0v) is 11.3. The van der Waals surface area contributed by atoms with E-state index in [1.807, 2.05) is 0 Å². The van der Waals surface area contributed by atoms with Crippen LogP contribution in [0.2, 0.25) is 0 Å². The van der Waals surface area contributed by atoms with E-state index in [0.717, 1.165) is 4.90 Å². The van der Waals surface area contributed by atoms with E-state index in [1.54, 1.807) is 0 Å². The number of hydrogen-bond acceptors (Lipinski definition) is 6. The summed E-state index contributed by atoms with van der Waals surface area (Å²) < 4.78 is 24.7. The molecule has 108 valence electrons. The van der Waals surface area contributed by atoms with Crippen LogP contribution < -0.4 is 0 Å². The fraction of sp³-hybridized carbons (Fsp3) is 0.600. The van der Waals surface area contributed by atoms with Gasteiger partial charge in [0.1, 0.15) is 10.1 Å². The summed E-state index contributed by atoms with van der Waals surface area (Å²) in [6.45, 7) is 1.18. The van der Waals surface area contributed by atoms with Crippen LogP contribution in [0.1, 0.15) is 13.3 Å². The van der Waals surface area contributed by atoms with Crippen molar-refractivity contribution in [2.24, 2.45) is 0 Å². The Kier molecular flexibility index (Phi) is 2.46. The van der Waals surface area contributed by atoms with Gasteiger partial charge in [-0.15, -0.1) is 5.10 Å². The molecule has 3 atom stereocenters. The van der Waals surface area contributed by atoms with Gasteiger partial charge in [-0.2, -0.15) is 0 Å². The van der Waals surface area contributed by atoms with E-state index in [2.05, 4.69) is 10.3 Å². The Labute approximate surface area is 114 Å². The minimum atomic E-state index is -3.80. The zero-order chi connectivity index (χ0) is 14.7. The van der Waals surface area contributed by atoms with Crippen molar-refractivity contribution in [2.75, 3.05) is 0 Å². The standard InChI is InChI=1S/C10H12N4O5S/c1-10(5-13-3-2-11-12-13)8(9(16)17)14-6(15)4-7(14)20(10,18)19/h2-3,7-8H,4-5H2,1H3,(H,16,17)/t7-,8-,10-/m1/s1. The highest BCUT2D eigenvalue weighted by molar-refractivity contribution is 7.93. The molecule has 0 spiro atoms. The van der Waals surface area contributed by atoms with Crippen molar-refractivity contribution in [3.63, 3.8) is 0 Å². The number of β-lactam (4-membered cyclic amide) rings is 1. The predicted molar refractivity (Wildman–Crippen MR) is 64.0 cm³/mol. The topological polar surface area (TPSA) is 122 Å². The molecule has 20 heavy (non-hydrogen) atoms. The molecule has 1 aromatic rings. The zero-order valence-electron chi connectivity index (χ0n) is 10.5. The van der Waals surface area contributed by atoms with Crippen LogP contribution in [-0.4, -0.2) is 61.5 Å². The van der Waals surface area contributed by atoms with Gasteiger partial charge in [0.15, 0.2) is 15.9 Å². The molecule has 0 bridgehead atoms. The van der Waals surface area contributed by atoms with Crippen LogP contribution in [0.3, 0.4) is 0 Å². The number of amides is 1. The fourth-order valence-electron chi connectivity index (χ4n) is 2.93. The molecule has 2 fully saturated rings. The number of nitrogens with zero attached hydrogens (tertiary/aromatic N) is 4. The summed E-state index contributed by atoms with van der Waals surface area (Å²) in [5.41, 5.74) is 0. The van der Waals surface area contributed by atoms with Crippen LogP contribution >= 0.6 is 0 Å². The van der Waals surface area contributed by atoms with Crippen LogP contribution in [0.25, 0.3) is 0 Å². The third kappa shape index (κ3) is 1.39. The quantitative estimate of drug-likeness (QED) is 0.672. The highest BCUT2D eigenvalue weighted by Gasteiger charge is 2.70. The third-order valence-corrected chi connectivity index (χ3v) is 6.76. The van der Waals surface area contributed by atoms with Gasteiger partial charge in [0.05, 0.1) is 19.2 Å². The van der Waals surface area contributed by atoms with Crippen molar-refractivity contribution in [2.45, 2.75) is 36.1 Å².